The van der Waals surface area contributed by atoms with Crippen LogP contribution in [0.15, 0.2) is 82.3 Å². The van der Waals surface area contributed by atoms with Crippen LogP contribution in [-0.4, -0.2) is 22.2 Å². The monoisotopic (exact) mass is 365 g/mol. The molecule has 0 aliphatic carbocycles. The van der Waals surface area contributed by atoms with Gasteiger partial charge in [-0.3, -0.25) is 14.9 Å². The van der Waals surface area contributed by atoms with E-state index < -0.39 is 22.3 Å². The quantitative estimate of drug-likeness (QED) is 0.395. The van der Waals surface area contributed by atoms with E-state index in [1.165, 1.54) is 12.1 Å². The Morgan fingerprint density at radius 1 is 1.04 bits per heavy atom. The van der Waals surface area contributed by atoms with Crippen LogP contribution in [0.3, 0.4) is 0 Å². The molecule has 0 saturated carbocycles. The van der Waals surface area contributed by atoms with Gasteiger partial charge in [0.2, 0.25) is 0 Å². The second kappa shape index (κ2) is 7.63. The summed E-state index contributed by atoms with van der Waals surface area (Å²) in [5.41, 5.74) is 1.04. The minimum Gasteiger partial charge on any atom is -0.400 e. The fraction of sp³-hybridized carbons (Fsp3) is 0.0526. The molecule has 3 aromatic rings. The van der Waals surface area contributed by atoms with Gasteiger partial charge in [0.25, 0.3) is 5.91 Å². The molecule has 1 amide bonds. The first-order chi connectivity index (χ1) is 13.0. The van der Waals surface area contributed by atoms with Gasteiger partial charge in [-0.1, -0.05) is 60.7 Å². The molecule has 1 heterocycles. The lowest BCUT2D eigenvalue weighted by molar-refractivity contribution is -0.402. The van der Waals surface area contributed by atoms with E-state index in [1.54, 1.807) is 60.7 Å². The number of hydrogen-bond donors (Lipinski definition) is 2. The SMILES string of the molecule is O=C(N/N=C/c1ccc([N+](=O)[O-])o1)C(O)(c1ccccc1)c1ccccc1. The van der Waals surface area contributed by atoms with Crippen molar-refractivity contribution in [2.75, 3.05) is 0 Å². The van der Waals surface area contributed by atoms with Crippen molar-refractivity contribution in [3.63, 3.8) is 0 Å². The van der Waals surface area contributed by atoms with E-state index in [2.05, 4.69) is 10.5 Å². The number of hydrazone groups is 1. The number of carbonyl (C=O) groups is 1. The topological polar surface area (TPSA) is 118 Å². The third-order valence-corrected chi connectivity index (χ3v) is 3.86. The standard InChI is InChI=1S/C19H15N3O5/c23-18(21-20-13-16-11-12-17(27-16)22(25)26)19(24,14-7-3-1-4-8-14)15-9-5-2-6-10-15/h1-13,24H,(H,21,23)/b20-13+. The van der Waals surface area contributed by atoms with Gasteiger partial charge in [0, 0.05) is 0 Å². The molecule has 1 aromatic heterocycles. The average molecular weight is 365 g/mol. The maximum absolute atomic E-state index is 12.8. The number of hydrogen-bond acceptors (Lipinski definition) is 6. The summed E-state index contributed by atoms with van der Waals surface area (Å²) in [7, 11) is 0. The van der Waals surface area contributed by atoms with Gasteiger partial charge in [-0.25, -0.2) is 5.43 Å². The highest BCUT2D eigenvalue weighted by molar-refractivity contribution is 5.90. The number of nitrogens with zero attached hydrogens (tertiary/aromatic N) is 2. The van der Waals surface area contributed by atoms with E-state index in [0.29, 0.717) is 11.1 Å². The van der Waals surface area contributed by atoms with Gasteiger partial charge in [-0.2, -0.15) is 5.10 Å². The highest BCUT2D eigenvalue weighted by atomic mass is 16.6. The lowest BCUT2D eigenvalue weighted by Gasteiger charge is -2.26. The predicted molar refractivity (Wildman–Crippen MR) is 97.0 cm³/mol. The van der Waals surface area contributed by atoms with E-state index in [1.807, 2.05) is 0 Å². The lowest BCUT2D eigenvalue weighted by atomic mass is 9.85. The summed E-state index contributed by atoms with van der Waals surface area (Å²) in [6.07, 6.45) is 1.11. The number of nitro groups is 1. The molecule has 0 bridgehead atoms. The molecule has 0 aliphatic heterocycles. The van der Waals surface area contributed by atoms with Gasteiger partial charge in [0.05, 0.1) is 12.3 Å². The molecule has 0 fully saturated rings. The summed E-state index contributed by atoms with van der Waals surface area (Å²) < 4.78 is 4.92. The van der Waals surface area contributed by atoms with Crippen LogP contribution in [0.1, 0.15) is 16.9 Å². The molecule has 136 valence electrons. The van der Waals surface area contributed by atoms with Gasteiger partial charge in [-0.05, 0) is 17.2 Å². The maximum atomic E-state index is 12.8. The van der Waals surface area contributed by atoms with Crippen molar-refractivity contribution in [1.29, 1.82) is 0 Å². The first kappa shape index (κ1) is 18.0. The first-order valence-electron chi connectivity index (χ1n) is 7.93. The van der Waals surface area contributed by atoms with Crippen molar-refractivity contribution in [2.45, 2.75) is 5.60 Å². The third-order valence-electron chi connectivity index (χ3n) is 3.86. The molecule has 0 spiro atoms. The van der Waals surface area contributed by atoms with Crippen LogP contribution in [0.25, 0.3) is 0 Å². The summed E-state index contributed by atoms with van der Waals surface area (Å²) in [6.45, 7) is 0. The maximum Gasteiger partial charge on any atom is 0.433 e. The number of amides is 1. The smallest absolute Gasteiger partial charge is 0.400 e. The summed E-state index contributed by atoms with van der Waals surface area (Å²) >= 11 is 0. The van der Waals surface area contributed by atoms with Gasteiger partial charge in [0.1, 0.15) is 4.92 Å². The fourth-order valence-corrected chi connectivity index (χ4v) is 2.53. The van der Waals surface area contributed by atoms with Crippen LogP contribution in [0.2, 0.25) is 0 Å². The molecule has 0 saturated heterocycles. The normalized spacial score (nSPS) is 11.4. The van der Waals surface area contributed by atoms with Crippen LogP contribution in [0.4, 0.5) is 5.88 Å². The molecule has 3 rings (SSSR count). The van der Waals surface area contributed by atoms with Crippen molar-refractivity contribution in [1.82, 2.24) is 5.43 Å². The van der Waals surface area contributed by atoms with Gasteiger partial charge < -0.3 is 9.52 Å². The van der Waals surface area contributed by atoms with Crippen molar-refractivity contribution >= 4 is 18.0 Å². The summed E-state index contributed by atoms with van der Waals surface area (Å²) in [6, 6.07) is 19.4. The largest absolute Gasteiger partial charge is 0.433 e. The van der Waals surface area contributed by atoms with E-state index >= 15 is 0 Å². The van der Waals surface area contributed by atoms with Crippen molar-refractivity contribution in [3.05, 3.63) is 99.8 Å². The van der Waals surface area contributed by atoms with Gasteiger partial charge in [0.15, 0.2) is 11.4 Å². The number of rotatable bonds is 6. The van der Waals surface area contributed by atoms with Crippen LogP contribution < -0.4 is 5.43 Å². The summed E-state index contributed by atoms with van der Waals surface area (Å²) in [5, 5.41) is 25.5. The second-order valence-corrected chi connectivity index (χ2v) is 5.57. The average Bonchev–Trinajstić information content (AvgIpc) is 3.18. The Hall–Kier alpha value is -3.78. The van der Waals surface area contributed by atoms with Crippen molar-refractivity contribution in [3.8, 4) is 0 Å². The Kier molecular flexibility index (Phi) is 5.09. The number of carbonyl (C=O) groups excluding carboxylic acids is 1. The molecule has 27 heavy (non-hydrogen) atoms. The minimum atomic E-state index is -1.96. The molecule has 0 unspecified atom stereocenters. The number of nitrogens with one attached hydrogen (secondary N) is 1. The van der Waals surface area contributed by atoms with Crippen molar-refractivity contribution in [2.24, 2.45) is 5.10 Å². The fourth-order valence-electron chi connectivity index (χ4n) is 2.53. The van der Waals surface area contributed by atoms with Gasteiger partial charge in [-0.15, -0.1) is 0 Å². The molecule has 0 radical (unpaired) electrons. The van der Waals surface area contributed by atoms with Crippen LogP contribution >= 0.6 is 0 Å². The zero-order chi connectivity index (χ0) is 19.3. The molecule has 0 atom stereocenters. The number of aliphatic hydroxyl groups is 1. The molecule has 8 heteroatoms. The zero-order valence-electron chi connectivity index (χ0n) is 14.0. The Morgan fingerprint density at radius 2 is 1.59 bits per heavy atom. The predicted octanol–water partition coefficient (Wildman–Crippen LogP) is 2.57. The Morgan fingerprint density at radius 3 is 2.07 bits per heavy atom. The van der Waals surface area contributed by atoms with Crippen LogP contribution in [-0.2, 0) is 10.4 Å². The molecule has 8 nitrogen and oxygen atoms in total. The van der Waals surface area contributed by atoms with E-state index in [4.69, 9.17) is 4.42 Å². The third kappa shape index (κ3) is 3.75. The van der Waals surface area contributed by atoms with Crippen LogP contribution in [0.5, 0.6) is 0 Å². The molecule has 0 aliphatic rings. The highest BCUT2D eigenvalue weighted by Gasteiger charge is 2.39. The summed E-state index contributed by atoms with van der Waals surface area (Å²) in [5.74, 6) is -1.13. The molecular formula is C19H15N3O5. The second-order valence-electron chi connectivity index (χ2n) is 5.57. The molecular weight excluding hydrogens is 350 g/mol. The van der Waals surface area contributed by atoms with Gasteiger partial charge >= 0.3 is 5.88 Å². The minimum absolute atomic E-state index is 0.0879. The number of benzene rings is 2. The lowest BCUT2D eigenvalue weighted by Crippen LogP contribution is -2.43. The Balaban J connectivity index is 1.85. The van der Waals surface area contributed by atoms with E-state index in [0.717, 1.165) is 6.21 Å². The number of furan rings is 1. The first-order valence-corrected chi connectivity index (χ1v) is 7.93. The zero-order valence-corrected chi connectivity index (χ0v) is 14.0. The van der Waals surface area contributed by atoms with Crippen LogP contribution in [0, 0.1) is 10.1 Å². The van der Waals surface area contributed by atoms with E-state index in [-0.39, 0.29) is 5.76 Å². The molecule has 2 aromatic carbocycles. The Labute approximate surface area is 153 Å². The highest BCUT2D eigenvalue weighted by Crippen LogP contribution is 2.29. The van der Waals surface area contributed by atoms with Crippen molar-refractivity contribution < 1.29 is 19.2 Å². The molecule has 2 N–H and O–H groups in total. The van der Waals surface area contributed by atoms with E-state index in [9.17, 15) is 20.0 Å². The summed E-state index contributed by atoms with van der Waals surface area (Å²) in [4.78, 5) is 22.7. The Bertz CT molecular complexity index is 928.